The van der Waals surface area contributed by atoms with Gasteiger partial charge in [-0.25, -0.2) is 0 Å². The van der Waals surface area contributed by atoms with Gasteiger partial charge in [-0.15, -0.1) is 11.7 Å². The normalized spacial score (nSPS) is 43.9. The van der Waals surface area contributed by atoms with Crippen molar-refractivity contribution < 1.29 is 0 Å². The Bertz CT molecular complexity index is 134. The van der Waals surface area contributed by atoms with Crippen LogP contribution in [0.4, 0.5) is 0 Å². The fourth-order valence-electron chi connectivity index (χ4n) is 2.76. The van der Waals surface area contributed by atoms with Crippen molar-refractivity contribution in [2.45, 2.75) is 49.7 Å². The van der Waals surface area contributed by atoms with Crippen molar-refractivity contribution in [1.82, 2.24) is 0 Å². The van der Waals surface area contributed by atoms with E-state index in [0.29, 0.717) is 4.75 Å². The van der Waals surface area contributed by atoms with Gasteiger partial charge in [0.05, 0.1) is 0 Å². The van der Waals surface area contributed by atoms with Crippen LogP contribution in [0.2, 0.25) is 0 Å². The van der Waals surface area contributed by atoms with Gasteiger partial charge in [-0.2, -0.15) is 0 Å². The molecule has 0 aromatic rings. The Kier molecular flexibility index (Phi) is 2.43. The van der Waals surface area contributed by atoms with E-state index in [0.717, 1.165) is 5.92 Å². The molecule has 0 aliphatic heterocycles. The molecule has 0 radical (unpaired) electrons. The first-order valence-corrected chi connectivity index (χ1v) is 6.54. The van der Waals surface area contributed by atoms with Crippen molar-refractivity contribution in [3.05, 3.63) is 0 Å². The largest absolute Gasteiger partial charge is 0.111 e. The first-order chi connectivity index (χ1) is 5.35. The Morgan fingerprint density at radius 1 is 1.18 bits per heavy atom. The Balaban J connectivity index is 2.07. The van der Waals surface area contributed by atoms with E-state index in [1.807, 2.05) is 10.8 Å². The van der Waals surface area contributed by atoms with Gasteiger partial charge >= 0.3 is 0 Å². The van der Waals surface area contributed by atoms with Crippen molar-refractivity contribution in [3.63, 3.8) is 0 Å². The summed E-state index contributed by atoms with van der Waals surface area (Å²) in [6, 6.07) is 0. The zero-order valence-corrected chi connectivity index (χ0v) is 8.59. The van der Waals surface area contributed by atoms with Crippen LogP contribution in [0.1, 0.15) is 44.9 Å². The summed E-state index contributed by atoms with van der Waals surface area (Å²) in [6.07, 6.45) is 10.2. The lowest BCUT2D eigenvalue weighted by atomic mass is 9.72. The third-order valence-electron chi connectivity index (χ3n) is 3.34. The Morgan fingerprint density at radius 3 is 2.27 bits per heavy atom. The van der Waals surface area contributed by atoms with Crippen molar-refractivity contribution in [1.29, 1.82) is 0 Å². The van der Waals surface area contributed by atoms with Crippen LogP contribution in [0.25, 0.3) is 0 Å². The summed E-state index contributed by atoms with van der Waals surface area (Å²) in [6.45, 7) is 0. The molecule has 0 atom stereocenters. The van der Waals surface area contributed by atoms with Crippen molar-refractivity contribution >= 4 is 22.5 Å². The molecule has 0 saturated heterocycles. The molecule has 2 bridgehead atoms. The van der Waals surface area contributed by atoms with E-state index < -0.39 is 0 Å². The molecule has 0 aromatic carbocycles. The predicted octanol–water partition coefficient (Wildman–Crippen LogP) is 3.68. The summed E-state index contributed by atoms with van der Waals surface area (Å²) in [4.78, 5) is 0. The molecule has 0 unspecified atom stereocenters. The van der Waals surface area contributed by atoms with Gasteiger partial charge in [-0.05, 0) is 25.2 Å². The van der Waals surface area contributed by atoms with Crippen LogP contribution in [0.3, 0.4) is 0 Å². The van der Waals surface area contributed by atoms with E-state index >= 15 is 0 Å². The van der Waals surface area contributed by atoms with Gasteiger partial charge in [0, 0.05) is 4.75 Å². The van der Waals surface area contributed by atoms with Crippen LogP contribution >= 0.6 is 22.5 Å². The first kappa shape index (κ1) is 8.31. The fraction of sp³-hybridized carbons (Fsp3) is 1.00. The number of hydrogen-bond acceptors (Lipinski definition) is 2. The highest BCUT2D eigenvalue weighted by molar-refractivity contribution is 8.69. The maximum Gasteiger partial charge on any atom is 0.0263 e. The molecule has 0 spiro atoms. The molecular formula is C9H16S2. The van der Waals surface area contributed by atoms with E-state index in [2.05, 4.69) is 11.7 Å². The number of fused-ring (bicyclic) bond motifs is 2. The molecule has 0 aromatic heterocycles. The average molecular weight is 188 g/mol. The van der Waals surface area contributed by atoms with Gasteiger partial charge in [-0.1, -0.05) is 36.5 Å². The molecular weight excluding hydrogens is 172 g/mol. The molecule has 2 fully saturated rings. The summed E-state index contributed by atoms with van der Waals surface area (Å²) in [5.41, 5.74) is 0. The molecule has 11 heavy (non-hydrogen) atoms. The summed E-state index contributed by atoms with van der Waals surface area (Å²) in [5.74, 6) is 1.05. The van der Waals surface area contributed by atoms with Crippen LogP contribution in [0.5, 0.6) is 0 Å². The maximum absolute atomic E-state index is 4.42. The third kappa shape index (κ3) is 1.57. The lowest BCUT2D eigenvalue weighted by Gasteiger charge is -2.43. The van der Waals surface area contributed by atoms with Gasteiger partial charge in [-0.3, -0.25) is 0 Å². The molecule has 2 aliphatic rings. The molecule has 2 aliphatic carbocycles. The first-order valence-electron chi connectivity index (χ1n) is 4.67. The summed E-state index contributed by atoms with van der Waals surface area (Å²) in [5, 5.41) is 0. The van der Waals surface area contributed by atoms with E-state index in [4.69, 9.17) is 0 Å². The molecule has 0 N–H and O–H groups in total. The van der Waals surface area contributed by atoms with E-state index in [1.165, 1.54) is 44.9 Å². The average Bonchev–Trinajstić information content (AvgIpc) is 2.05. The molecule has 64 valence electrons. The molecule has 2 rings (SSSR count). The lowest BCUT2D eigenvalue weighted by Crippen LogP contribution is -2.34. The van der Waals surface area contributed by atoms with Gasteiger partial charge in [0.2, 0.25) is 0 Å². The maximum atomic E-state index is 4.42. The summed E-state index contributed by atoms with van der Waals surface area (Å²) in [7, 11) is 1.84. The summed E-state index contributed by atoms with van der Waals surface area (Å²) >= 11 is 4.42. The second-order valence-corrected chi connectivity index (χ2v) is 5.73. The van der Waals surface area contributed by atoms with Crippen LogP contribution in [-0.4, -0.2) is 4.75 Å². The van der Waals surface area contributed by atoms with Crippen molar-refractivity contribution in [2.75, 3.05) is 0 Å². The van der Waals surface area contributed by atoms with Gasteiger partial charge < -0.3 is 0 Å². The topological polar surface area (TPSA) is 0 Å². The predicted molar refractivity (Wildman–Crippen MR) is 55.1 cm³/mol. The van der Waals surface area contributed by atoms with Gasteiger partial charge in [0.25, 0.3) is 0 Å². The van der Waals surface area contributed by atoms with Crippen LogP contribution in [-0.2, 0) is 0 Å². The number of rotatable bonds is 1. The minimum atomic E-state index is 0.601. The molecule has 2 saturated carbocycles. The van der Waals surface area contributed by atoms with Crippen LogP contribution in [0, 0.1) is 5.92 Å². The van der Waals surface area contributed by atoms with Crippen LogP contribution < -0.4 is 0 Å². The molecule has 0 nitrogen and oxygen atoms in total. The highest BCUT2D eigenvalue weighted by Gasteiger charge is 2.38. The smallest absolute Gasteiger partial charge is 0.0263 e. The molecule has 0 amide bonds. The standard InChI is InChI=1S/C9H16S2/c10-11-9-5-1-3-8(7-9)4-2-6-9/h8,10H,1-7H2. The van der Waals surface area contributed by atoms with Gasteiger partial charge in [0.1, 0.15) is 0 Å². The van der Waals surface area contributed by atoms with E-state index in [-0.39, 0.29) is 0 Å². The van der Waals surface area contributed by atoms with E-state index in [1.54, 1.807) is 0 Å². The quantitative estimate of drug-likeness (QED) is 0.484. The van der Waals surface area contributed by atoms with E-state index in [9.17, 15) is 0 Å². The number of hydrogen-bond donors (Lipinski definition) is 1. The second kappa shape index (κ2) is 3.21. The lowest BCUT2D eigenvalue weighted by molar-refractivity contribution is 0.218. The SMILES string of the molecule is SSC12CCCC(CCC1)C2. The van der Waals surface area contributed by atoms with Crippen LogP contribution in [0.15, 0.2) is 0 Å². The highest BCUT2D eigenvalue weighted by Crippen LogP contribution is 2.51. The Morgan fingerprint density at radius 2 is 1.82 bits per heavy atom. The molecule has 2 heteroatoms. The number of thiol groups is 1. The molecule has 0 heterocycles. The fourth-order valence-corrected chi connectivity index (χ4v) is 4.31. The minimum absolute atomic E-state index is 0.601. The minimum Gasteiger partial charge on any atom is -0.111 e. The highest BCUT2D eigenvalue weighted by atomic mass is 33.1. The third-order valence-corrected chi connectivity index (χ3v) is 5.47. The zero-order valence-electron chi connectivity index (χ0n) is 6.88. The zero-order chi connectivity index (χ0) is 7.73. The monoisotopic (exact) mass is 188 g/mol. The second-order valence-electron chi connectivity index (χ2n) is 4.13. The van der Waals surface area contributed by atoms with Crippen molar-refractivity contribution in [3.8, 4) is 0 Å². The van der Waals surface area contributed by atoms with Gasteiger partial charge in [0.15, 0.2) is 0 Å². The Hall–Kier alpha value is 0.700. The van der Waals surface area contributed by atoms with Crippen molar-refractivity contribution in [2.24, 2.45) is 5.92 Å². The summed E-state index contributed by atoms with van der Waals surface area (Å²) < 4.78 is 0.601. The Labute approximate surface area is 78.3 Å².